The highest BCUT2D eigenvalue weighted by molar-refractivity contribution is 7.15. The molecule has 0 aromatic carbocycles. The van der Waals surface area contributed by atoms with Crippen LogP contribution in [-0.4, -0.2) is 12.0 Å². The third-order valence-corrected chi connectivity index (χ3v) is 2.58. The minimum atomic E-state index is 0.548. The van der Waals surface area contributed by atoms with Gasteiger partial charge in [-0.05, 0) is 0 Å². The average Bonchev–Trinajstić information content (AvgIpc) is 2.34. The summed E-state index contributed by atoms with van der Waals surface area (Å²) < 4.78 is 0. The van der Waals surface area contributed by atoms with Gasteiger partial charge >= 0.3 is 0 Å². The normalized spacial score (nSPS) is 10.4. The van der Waals surface area contributed by atoms with Crippen LogP contribution in [0.1, 0.15) is 24.8 Å². The summed E-state index contributed by atoms with van der Waals surface area (Å²) in [6.45, 7) is 4.30. The Bertz CT molecular complexity index is 205. The monoisotopic (exact) mass is 156 g/mol. The van der Waals surface area contributed by atoms with E-state index in [0.29, 0.717) is 5.92 Å². The van der Waals surface area contributed by atoms with Crippen LogP contribution in [0.3, 0.4) is 0 Å². The second-order valence-electron chi connectivity index (χ2n) is 2.47. The van der Waals surface area contributed by atoms with Crippen molar-refractivity contribution in [1.29, 1.82) is 0 Å². The lowest BCUT2D eigenvalue weighted by Gasteiger charge is -1.95. The number of nitrogens with one attached hydrogen (secondary N) is 1. The first-order chi connectivity index (χ1) is 4.74. The molecule has 0 bridgehead atoms. The molecule has 1 rings (SSSR count). The van der Waals surface area contributed by atoms with Crippen molar-refractivity contribution >= 4 is 16.3 Å². The maximum Gasteiger partial charge on any atom is 0.108 e. The van der Waals surface area contributed by atoms with Crippen molar-refractivity contribution in [3.8, 4) is 0 Å². The zero-order valence-electron chi connectivity index (χ0n) is 6.51. The minimum Gasteiger partial charge on any atom is -0.379 e. The van der Waals surface area contributed by atoms with Gasteiger partial charge in [0.05, 0.1) is 11.2 Å². The average molecular weight is 156 g/mol. The molecule has 0 radical (unpaired) electrons. The fourth-order valence-corrected chi connectivity index (χ4v) is 1.44. The standard InChI is InChI=1S/C7H12N2S/c1-5(2)7-9-4-6(8-3)10-7/h4-5,8H,1-3H3. The van der Waals surface area contributed by atoms with Gasteiger partial charge in [0.1, 0.15) is 5.00 Å². The number of anilines is 1. The molecule has 2 nitrogen and oxygen atoms in total. The van der Waals surface area contributed by atoms with Crippen LogP contribution in [0.2, 0.25) is 0 Å². The van der Waals surface area contributed by atoms with E-state index in [-0.39, 0.29) is 0 Å². The SMILES string of the molecule is CNc1cnc(C(C)C)s1. The molecule has 0 unspecified atom stereocenters. The molecule has 0 saturated heterocycles. The number of rotatable bonds is 2. The topological polar surface area (TPSA) is 24.9 Å². The van der Waals surface area contributed by atoms with Crippen LogP contribution < -0.4 is 5.32 Å². The van der Waals surface area contributed by atoms with Crippen LogP contribution in [0.5, 0.6) is 0 Å². The Morgan fingerprint density at radius 2 is 2.30 bits per heavy atom. The number of hydrogen-bond donors (Lipinski definition) is 1. The largest absolute Gasteiger partial charge is 0.379 e. The summed E-state index contributed by atoms with van der Waals surface area (Å²) in [4.78, 5) is 4.24. The molecule has 10 heavy (non-hydrogen) atoms. The lowest BCUT2D eigenvalue weighted by Crippen LogP contribution is -1.82. The molecule has 0 spiro atoms. The van der Waals surface area contributed by atoms with Gasteiger partial charge in [-0.25, -0.2) is 4.98 Å². The van der Waals surface area contributed by atoms with Crippen LogP contribution in [0.4, 0.5) is 5.00 Å². The van der Waals surface area contributed by atoms with Crippen molar-refractivity contribution in [1.82, 2.24) is 4.98 Å². The van der Waals surface area contributed by atoms with Gasteiger partial charge in [-0.3, -0.25) is 0 Å². The van der Waals surface area contributed by atoms with Gasteiger partial charge in [0.15, 0.2) is 0 Å². The van der Waals surface area contributed by atoms with E-state index in [0.717, 1.165) is 5.00 Å². The molecule has 0 fully saturated rings. The molecule has 56 valence electrons. The van der Waals surface area contributed by atoms with Gasteiger partial charge < -0.3 is 5.32 Å². The van der Waals surface area contributed by atoms with Gasteiger partial charge in [0.2, 0.25) is 0 Å². The maximum absolute atomic E-state index is 4.24. The predicted molar refractivity (Wildman–Crippen MR) is 45.7 cm³/mol. The highest BCUT2D eigenvalue weighted by Crippen LogP contribution is 2.23. The molecule has 0 atom stereocenters. The molecule has 1 heterocycles. The van der Waals surface area contributed by atoms with Crippen molar-refractivity contribution in [3.05, 3.63) is 11.2 Å². The van der Waals surface area contributed by atoms with Crippen molar-refractivity contribution < 1.29 is 0 Å². The lowest BCUT2D eigenvalue weighted by molar-refractivity contribution is 0.852. The first kappa shape index (κ1) is 7.54. The predicted octanol–water partition coefficient (Wildman–Crippen LogP) is 2.31. The molecule has 3 heteroatoms. The maximum atomic E-state index is 4.24. The van der Waals surface area contributed by atoms with E-state index < -0.39 is 0 Å². The third-order valence-electron chi connectivity index (χ3n) is 1.26. The first-order valence-electron chi connectivity index (χ1n) is 3.37. The van der Waals surface area contributed by atoms with Crippen molar-refractivity contribution in [2.24, 2.45) is 0 Å². The van der Waals surface area contributed by atoms with E-state index in [1.807, 2.05) is 13.2 Å². The Kier molecular flexibility index (Phi) is 2.27. The molecule has 0 aliphatic heterocycles. The Morgan fingerprint density at radius 1 is 1.60 bits per heavy atom. The molecule has 0 saturated carbocycles. The smallest absolute Gasteiger partial charge is 0.108 e. The summed E-state index contributed by atoms with van der Waals surface area (Å²) in [5.74, 6) is 0.548. The fraction of sp³-hybridized carbons (Fsp3) is 0.571. The highest BCUT2D eigenvalue weighted by Gasteiger charge is 2.03. The first-order valence-corrected chi connectivity index (χ1v) is 4.19. The zero-order chi connectivity index (χ0) is 7.56. The van der Waals surface area contributed by atoms with E-state index in [9.17, 15) is 0 Å². The van der Waals surface area contributed by atoms with Crippen molar-refractivity contribution in [3.63, 3.8) is 0 Å². The summed E-state index contributed by atoms with van der Waals surface area (Å²) in [5, 5.41) is 5.40. The third kappa shape index (κ3) is 1.48. The van der Waals surface area contributed by atoms with Crippen LogP contribution in [-0.2, 0) is 0 Å². The van der Waals surface area contributed by atoms with Crippen molar-refractivity contribution in [2.45, 2.75) is 19.8 Å². The second-order valence-corrected chi connectivity index (χ2v) is 3.53. The van der Waals surface area contributed by atoms with E-state index in [4.69, 9.17) is 0 Å². The summed E-state index contributed by atoms with van der Waals surface area (Å²) in [6, 6.07) is 0. The Labute approximate surface area is 65.3 Å². The number of aromatic nitrogens is 1. The van der Waals surface area contributed by atoms with Gasteiger partial charge in [-0.15, -0.1) is 11.3 Å². The molecule has 1 aromatic heterocycles. The molecule has 1 N–H and O–H groups in total. The summed E-state index contributed by atoms with van der Waals surface area (Å²) in [7, 11) is 1.91. The highest BCUT2D eigenvalue weighted by atomic mass is 32.1. The summed E-state index contributed by atoms with van der Waals surface area (Å²) >= 11 is 1.72. The van der Waals surface area contributed by atoms with Crippen LogP contribution in [0, 0.1) is 0 Å². The molecular formula is C7H12N2S. The molecule has 0 aliphatic carbocycles. The van der Waals surface area contributed by atoms with E-state index >= 15 is 0 Å². The van der Waals surface area contributed by atoms with Crippen LogP contribution in [0.25, 0.3) is 0 Å². The number of nitrogens with zero attached hydrogens (tertiary/aromatic N) is 1. The Morgan fingerprint density at radius 3 is 2.60 bits per heavy atom. The second kappa shape index (κ2) is 3.01. The molecule has 1 aromatic rings. The van der Waals surface area contributed by atoms with Gasteiger partial charge in [-0.2, -0.15) is 0 Å². The van der Waals surface area contributed by atoms with Gasteiger partial charge in [0.25, 0.3) is 0 Å². The lowest BCUT2D eigenvalue weighted by atomic mass is 10.2. The summed E-state index contributed by atoms with van der Waals surface area (Å²) in [6.07, 6.45) is 1.88. The number of thiazole rings is 1. The minimum absolute atomic E-state index is 0.548. The molecular weight excluding hydrogens is 144 g/mol. The van der Waals surface area contributed by atoms with Crippen LogP contribution >= 0.6 is 11.3 Å². The Balaban J connectivity index is 2.78. The van der Waals surface area contributed by atoms with E-state index in [1.165, 1.54) is 5.01 Å². The zero-order valence-corrected chi connectivity index (χ0v) is 7.33. The molecule has 0 aliphatic rings. The van der Waals surface area contributed by atoms with E-state index in [2.05, 4.69) is 24.1 Å². The fourth-order valence-electron chi connectivity index (χ4n) is 0.670. The van der Waals surface area contributed by atoms with Gasteiger partial charge in [0, 0.05) is 13.0 Å². The Hall–Kier alpha value is -0.570. The summed E-state index contributed by atoms with van der Waals surface area (Å²) in [5.41, 5.74) is 0. The quantitative estimate of drug-likeness (QED) is 0.710. The van der Waals surface area contributed by atoms with E-state index in [1.54, 1.807) is 11.3 Å². The number of hydrogen-bond acceptors (Lipinski definition) is 3. The molecule has 0 amide bonds. The van der Waals surface area contributed by atoms with Crippen LogP contribution in [0.15, 0.2) is 6.20 Å². The van der Waals surface area contributed by atoms with Crippen molar-refractivity contribution in [2.75, 3.05) is 12.4 Å². The van der Waals surface area contributed by atoms with Gasteiger partial charge in [-0.1, -0.05) is 13.8 Å².